The highest BCUT2D eigenvalue weighted by Gasteiger charge is 2.16. The standard InChI is InChI=1S/C19H21NO4/c1-12-8-9-13(2)17(10-12)20-18(21)14(3)24-16-7-5-6-15(11-16)19(22)23-4/h5-11,14H,1-4H3,(H,20,21). The fourth-order valence-corrected chi connectivity index (χ4v) is 2.18. The summed E-state index contributed by atoms with van der Waals surface area (Å²) in [6.45, 7) is 5.55. The van der Waals surface area contributed by atoms with E-state index in [0.29, 0.717) is 11.3 Å². The second-order valence-electron chi connectivity index (χ2n) is 5.59. The Morgan fingerprint density at radius 3 is 2.54 bits per heavy atom. The molecule has 0 radical (unpaired) electrons. The summed E-state index contributed by atoms with van der Waals surface area (Å²) >= 11 is 0. The van der Waals surface area contributed by atoms with Gasteiger partial charge in [-0.2, -0.15) is 0 Å². The molecule has 0 bridgehead atoms. The predicted molar refractivity (Wildman–Crippen MR) is 92.4 cm³/mol. The third kappa shape index (κ3) is 4.35. The second kappa shape index (κ2) is 7.64. The molecule has 1 N–H and O–H groups in total. The van der Waals surface area contributed by atoms with Crippen LogP contribution in [0.25, 0.3) is 0 Å². The Hall–Kier alpha value is -2.82. The van der Waals surface area contributed by atoms with Crippen molar-refractivity contribution in [2.24, 2.45) is 0 Å². The maximum atomic E-state index is 12.3. The van der Waals surface area contributed by atoms with E-state index in [1.165, 1.54) is 7.11 Å². The molecule has 0 aromatic heterocycles. The largest absolute Gasteiger partial charge is 0.481 e. The number of anilines is 1. The van der Waals surface area contributed by atoms with Crippen LogP contribution in [-0.4, -0.2) is 25.1 Å². The quantitative estimate of drug-likeness (QED) is 0.854. The number of benzene rings is 2. The first-order valence-electron chi connectivity index (χ1n) is 7.64. The van der Waals surface area contributed by atoms with E-state index in [0.717, 1.165) is 16.8 Å². The van der Waals surface area contributed by atoms with Crippen LogP contribution < -0.4 is 10.1 Å². The van der Waals surface area contributed by atoms with E-state index in [2.05, 4.69) is 10.1 Å². The maximum absolute atomic E-state index is 12.3. The van der Waals surface area contributed by atoms with Gasteiger partial charge in [0.25, 0.3) is 5.91 Å². The first-order chi connectivity index (χ1) is 11.4. The van der Waals surface area contributed by atoms with E-state index in [9.17, 15) is 9.59 Å². The zero-order valence-electron chi connectivity index (χ0n) is 14.3. The highest BCUT2D eigenvalue weighted by Crippen LogP contribution is 2.19. The molecule has 2 aromatic rings. The van der Waals surface area contributed by atoms with E-state index < -0.39 is 12.1 Å². The molecule has 1 amide bonds. The van der Waals surface area contributed by atoms with E-state index in [1.807, 2.05) is 32.0 Å². The molecule has 0 aliphatic rings. The van der Waals surface area contributed by atoms with Gasteiger partial charge in [-0.05, 0) is 56.2 Å². The molecule has 2 aromatic carbocycles. The van der Waals surface area contributed by atoms with Gasteiger partial charge in [0.15, 0.2) is 6.10 Å². The number of amides is 1. The highest BCUT2D eigenvalue weighted by atomic mass is 16.5. The first-order valence-corrected chi connectivity index (χ1v) is 7.64. The summed E-state index contributed by atoms with van der Waals surface area (Å²) in [4.78, 5) is 23.9. The van der Waals surface area contributed by atoms with Gasteiger partial charge in [-0.1, -0.05) is 18.2 Å². The molecule has 5 nitrogen and oxygen atoms in total. The number of methoxy groups -OCH3 is 1. The number of nitrogens with one attached hydrogen (secondary N) is 1. The Morgan fingerprint density at radius 2 is 1.83 bits per heavy atom. The number of hydrogen-bond acceptors (Lipinski definition) is 4. The second-order valence-corrected chi connectivity index (χ2v) is 5.59. The Bertz CT molecular complexity index is 755. The summed E-state index contributed by atoms with van der Waals surface area (Å²) in [5.74, 6) is -0.276. The third-order valence-corrected chi connectivity index (χ3v) is 3.59. The van der Waals surface area contributed by atoms with Crippen LogP contribution in [0, 0.1) is 13.8 Å². The molecule has 0 heterocycles. The number of rotatable bonds is 5. The monoisotopic (exact) mass is 327 g/mol. The first kappa shape index (κ1) is 17.5. The van der Waals surface area contributed by atoms with Crippen LogP contribution >= 0.6 is 0 Å². The van der Waals surface area contributed by atoms with Crippen LogP contribution in [-0.2, 0) is 9.53 Å². The van der Waals surface area contributed by atoms with Crippen LogP contribution in [0.4, 0.5) is 5.69 Å². The summed E-state index contributed by atoms with van der Waals surface area (Å²) in [6, 6.07) is 12.4. The molecular weight excluding hydrogens is 306 g/mol. The molecule has 0 saturated heterocycles. The molecule has 24 heavy (non-hydrogen) atoms. The van der Waals surface area contributed by atoms with E-state index in [4.69, 9.17) is 4.74 Å². The van der Waals surface area contributed by atoms with E-state index >= 15 is 0 Å². The smallest absolute Gasteiger partial charge is 0.337 e. The fraction of sp³-hybridized carbons (Fsp3) is 0.263. The van der Waals surface area contributed by atoms with Crippen LogP contribution in [0.2, 0.25) is 0 Å². The molecular formula is C19H21NO4. The van der Waals surface area contributed by atoms with Crippen molar-refractivity contribution in [3.05, 3.63) is 59.2 Å². The number of carbonyl (C=O) groups is 2. The van der Waals surface area contributed by atoms with Crippen LogP contribution in [0.1, 0.15) is 28.4 Å². The van der Waals surface area contributed by atoms with Gasteiger partial charge in [0, 0.05) is 5.69 Å². The molecule has 5 heteroatoms. The van der Waals surface area contributed by atoms with E-state index in [1.54, 1.807) is 31.2 Å². The summed E-state index contributed by atoms with van der Waals surface area (Å²) in [6.07, 6.45) is -0.710. The average Bonchev–Trinajstić information content (AvgIpc) is 2.57. The third-order valence-electron chi connectivity index (χ3n) is 3.59. The summed E-state index contributed by atoms with van der Waals surface area (Å²) in [5.41, 5.74) is 3.18. The average molecular weight is 327 g/mol. The van der Waals surface area contributed by atoms with Crippen LogP contribution in [0.15, 0.2) is 42.5 Å². The summed E-state index contributed by atoms with van der Waals surface area (Å²) in [7, 11) is 1.32. The van der Waals surface area contributed by atoms with Gasteiger partial charge in [-0.25, -0.2) is 4.79 Å². The molecule has 0 fully saturated rings. The van der Waals surface area contributed by atoms with Crippen molar-refractivity contribution >= 4 is 17.6 Å². The van der Waals surface area contributed by atoms with Gasteiger partial charge in [-0.3, -0.25) is 4.79 Å². The molecule has 1 unspecified atom stereocenters. The number of carbonyl (C=O) groups excluding carboxylic acids is 2. The molecule has 0 aliphatic heterocycles. The Morgan fingerprint density at radius 1 is 1.08 bits per heavy atom. The van der Waals surface area contributed by atoms with Crippen LogP contribution in [0.3, 0.4) is 0 Å². The van der Waals surface area contributed by atoms with Gasteiger partial charge >= 0.3 is 5.97 Å². The van der Waals surface area contributed by atoms with Crippen molar-refractivity contribution in [1.29, 1.82) is 0 Å². The Kier molecular flexibility index (Phi) is 5.58. The number of ether oxygens (including phenoxy) is 2. The molecule has 1 atom stereocenters. The minimum absolute atomic E-state index is 0.257. The van der Waals surface area contributed by atoms with Crippen molar-refractivity contribution in [3.8, 4) is 5.75 Å². The normalized spacial score (nSPS) is 11.5. The molecule has 2 rings (SSSR count). The Labute approximate surface area is 141 Å². The predicted octanol–water partition coefficient (Wildman–Crippen LogP) is 3.50. The van der Waals surface area contributed by atoms with Gasteiger partial charge in [0.2, 0.25) is 0 Å². The number of esters is 1. The number of aryl methyl sites for hydroxylation is 2. The number of hydrogen-bond donors (Lipinski definition) is 1. The van der Waals surface area contributed by atoms with Gasteiger partial charge in [0.05, 0.1) is 12.7 Å². The lowest BCUT2D eigenvalue weighted by molar-refractivity contribution is -0.122. The lowest BCUT2D eigenvalue weighted by Crippen LogP contribution is -2.30. The van der Waals surface area contributed by atoms with Gasteiger partial charge in [-0.15, -0.1) is 0 Å². The fourth-order valence-electron chi connectivity index (χ4n) is 2.18. The minimum Gasteiger partial charge on any atom is -0.481 e. The zero-order chi connectivity index (χ0) is 17.7. The van der Waals surface area contributed by atoms with Crippen molar-refractivity contribution in [2.45, 2.75) is 26.9 Å². The topological polar surface area (TPSA) is 64.6 Å². The summed E-state index contributed by atoms with van der Waals surface area (Å²) < 4.78 is 10.3. The molecule has 0 aliphatic carbocycles. The van der Waals surface area contributed by atoms with Crippen molar-refractivity contribution < 1.29 is 19.1 Å². The Balaban J connectivity index is 2.06. The van der Waals surface area contributed by atoms with Crippen molar-refractivity contribution in [2.75, 3.05) is 12.4 Å². The lowest BCUT2D eigenvalue weighted by Gasteiger charge is -2.16. The molecule has 0 spiro atoms. The highest BCUT2D eigenvalue weighted by molar-refractivity contribution is 5.95. The summed E-state index contributed by atoms with van der Waals surface area (Å²) in [5, 5.41) is 2.86. The van der Waals surface area contributed by atoms with Gasteiger partial charge < -0.3 is 14.8 Å². The zero-order valence-corrected chi connectivity index (χ0v) is 14.3. The molecule has 126 valence electrons. The molecule has 0 saturated carbocycles. The van der Waals surface area contributed by atoms with Gasteiger partial charge in [0.1, 0.15) is 5.75 Å². The SMILES string of the molecule is COC(=O)c1cccc(OC(C)C(=O)Nc2cc(C)ccc2C)c1. The van der Waals surface area contributed by atoms with Crippen LogP contribution in [0.5, 0.6) is 5.75 Å². The minimum atomic E-state index is -0.710. The maximum Gasteiger partial charge on any atom is 0.337 e. The lowest BCUT2D eigenvalue weighted by atomic mass is 10.1. The van der Waals surface area contributed by atoms with Crippen molar-refractivity contribution in [3.63, 3.8) is 0 Å². The van der Waals surface area contributed by atoms with E-state index in [-0.39, 0.29) is 5.91 Å². The van der Waals surface area contributed by atoms with Crippen molar-refractivity contribution in [1.82, 2.24) is 0 Å².